The number of nitrogens with one attached hydrogen (secondary N) is 3. The van der Waals surface area contributed by atoms with E-state index in [1.54, 1.807) is 95.0 Å². The highest BCUT2D eigenvalue weighted by Gasteiger charge is 2.39. The molecule has 0 aliphatic carbocycles. The van der Waals surface area contributed by atoms with Crippen LogP contribution in [-0.4, -0.2) is 99.3 Å². The smallest absolute Gasteiger partial charge is 0.410 e. The maximum absolute atomic E-state index is 12.8. The number of anilines is 2. The molecule has 0 spiro atoms. The molecule has 7 N–H and O–H groups in total. The zero-order valence-corrected chi connectivity index (χ0v) is 53.9. The minimum Gasteiger partial charge on any atom is -0.444 e. The van der Waals surface area contributed by atoms with Crippen molar-refractivity contribution in [3.8, 4) is 22.5 Å². The summed E-state index contributed by atoms with van der Waals surface area (Å²) in [5.74, 6) is 12.5. The fourth-order valence-electron chi connectivity index (χ4n) is 10.4. The number of rotatable bonds is 15. The fourth-order valence-corrected chi connectivity index (χ4v) is 12.1. The molecule has 476 valence electrons. The van der Waals surface area contributed by atoms with Crippen LogP contribution in [0, 0.1) is 0 Å². The van der Waals surface area contributed by atoms with Crippen molar-refractivity contribution in [1.29, 1.82) is 0 Å². The highest BCUT2D eigenvalue weighted by Crippen LogP contribution is 2.42. The highest BCUT2D eigenvalue weighted by atomic mass is 31.2. The Bertz CT molecular complexity index is 3890. The SMILES string of the molecule is CCc1ccnc(NC(=O)c2ccc(-c3nc([C@@H]4CCCN4C(=O)OC(C)(C)C)[nH]c3C(C)=O)cc2)c1.CCc1ccnc(NC(=O)c2ccc(-c3nc([C@@H]4CCCN4C(=O)OC(C)(C)C)n(N)c3C(C)=O)cc2)c1.NOP(=O)(c1ccccc1)c1ccccc1. The van der Waals surface area contributed by atoms with E-state index in [1.165, 1.54) is 18.5 Å². The Morgan fingerprint density at radius 3 is 1.46 bits per heavy atom. The molecule has 0 bridgehead atoms. The third-order valence-electron chi connectivity index (χ3n) is 14.9. The van der Waals surface area contributed by atoms with E-state index in [9.17, 15) is 33.3 Å². The van der Waals surface area contributed by atoms with Crippen molar-refractivity contribution in [1.82, 2.24) is 39.4 Å². The summed E-state index contributed by atoms with van der Waals surface area (Å²) in [5.41, 5.74) is 4.61. The largest absolute Gasteiger partial charge is 0.444 e. The van der Waals surface area contributed by atoms with E-state index < -0.39 is 36.8 Å². The third-order valence-corrected chi connectivity index (χ3v) is 17.1. The number of hydrogen-bond acceptors (Lipinski definition) is 16. The van der Waals surface area contributed by atoms with Gasteiger partial charge >= 0.3 is 12.2 Å². The lowest BCUT2D eigenvalue weighted by Gasteiger charge is -2.28. The first-order valence-corrected chi connectivity index (χ1v) is 31.8. The van der Waals surface area contributed by atoms with Gasteiger partial charge in [-0.1, -0.05) is 74.5 Å². The summed E-state index contributed by atoms with van der Waals surface area (Å²) in [4.78, 5) is 100. The molecule has 2 aliphatic heterocycles. The minimum atomic E-state index is -3.13. The summed E-state index contributed by atoms with van der Waals surface area (Å²) in [6.45, 7) is 19.0. The average molecular weight is 1260 g/mol. The molecular weight excluding hydrogens is 1180 g/mol. The van der Waals surface area contributed by atoms with Crippen LogP contribution in [0.2, 0.25) is 0 Å². The maximum atomic E-state index is 12.8. The molecule has 4 amide bonds. The lowest BCUT2D eigenvalue weighted by molar-refractivity contribution is 0.0207. The van der Waals surface area contributed by atoms with Crippen LogP contribution >= 0.6 is 7.37 Å². The number of hydrogen-bond donors (Lipinski definition) is 5. The summed E-state index contributed by atoms with van der Waals surface area (Å²) in [6.07, 6.45) is 7.13. The summed E-state index contributed by atoms with van der Waals surface area (Å²) < 4.78 is 29.8. The highest BCUT2D eigenvalue weighted by molar-refractivity contribution is 7.74. The number of ether oxygens (including phenoxy) is 2. The molecule has 2 saturated heterocycles. The number of aromatic nitrogens is 6. The lowest BCUT2D eigenvalue weighted by Crippen LogP contribution is -2.37. The monoisotopic (exact) mass is 1250 g/mol. The van der Waals surface area contributed by atoms with Gasteiger partial charge in [-0.2, -0.15) is 0 Å². The van der Waals surface area contributed by atoms with E-state index in [-0.39, 0.29) is 35.1 Å². The Hall–Kier alpha value is -9.63. The summed E-state index contributed by atoms with van der Waals surface area (Å²) in [5, 5.41) is 6.83. The van der Waals surface area contributed by atoms with Gasteiger partial charge in [-0.05, 0) is 164 Å². The average Bonchev–Trinajstić information content (AvgIpc) is 1.67. The van der Waals surface area contributed by atoms with Crippen LogP contribution in [0.1, 0.15) is 171 Å². The van der Waals surface area contributed by atoms with Crippen LogP contribution in [0.5, 0.6) is 0 Å². The molecule has 23 heteroatoms. The molecule has 10 rings (SSSR count). The Balaban J connectivity index is 0.000000190. The topological polar surface area (TPSA) is 302 Å². The van der Waals surface area contributed by atoms with Gasteiger partial charge in [-0.15, -0.1) is 0 Å². The van der Waals surface area contributed by atoms with Crippen LogP contribution in [0.3, 0.4) is 0 Å². The zero-order valence-electron chi connectivity index (χ0n) is 53.0. The number of H-pyrrole nitrogens is 1. The van der Waals surface area contributed by atoms with Gasteiger partial charge in [0.1, 0.15) is 45.7 Å². The van der Waals surface area contributed by atoms with Crippen LogP contribution in [-0.2, 0) is 31.5 Å². The normalized spacial score (nSPS) is 14.7. The predicted molar refractivity (Wildman–Crippen MR) is 350 cm³/mol. The fraction of sp³-hybridized carbons (Fsp3) is 0.324. The molecule has 4 aromatic carbocycles. The van der Waals surface area contributed by atoms with Gasteiger partial charge < -0.3 is 30.9 Å². The number of imidazole rings is 2. The number of pyridine rings is 2. The van der Waals surface area contributed by atoms with Gasteiger partial charge in [-0.25, -0.2) is 44.7 Å². The first-order valence-electron chi connectivity index (χ1n) is 30.1. The zero-order chi connectivity index (χ0) is 65.8. The van der Waals surface area contributed by atoms with Gasteiger partial charge in [0.05, 0.1) is 17.8 Å². The number of carbonyl (C=O) groups is 6. The second kappa shape index (κ2) is 29.3. The number of nitrogen functional groups attached to an aromatic ring is 1. The molecule has 91 heavy (non-hydrogen) atoms. The van der Waals surface area contributed by atoms with E-state index >= 15 is 0 Å². The quantitative estimate of drug-likeness (QED) is 0.0276. The van der Waals surface area contributed by atoms with E-state index in [1.807, 2.05) is 116 Å². The van der Waals surface area contributed by atoms with Crippen molar-refractivity contribution in [2.75, 3.05) is 29.6 Å². The number of Topliss-reactive ketones (excluding diaryl/α,β-unsaturated/α-hetero) is 2. The number of nitrogens with two attached hydrogens (primary N) is 2. The number of benzene rings is 4. The number of likely N-dealkylation sites (tertiary alicyclic amines) is 2. The standard InChI is InChI=1S/C28H34N6O4.C28H33N5O4.C12H12NO2P/c1-6-18-13-14-30-22(16-18)31-26(36)20-11-9-19(10-12-20)23-24(17(2)35)34(29)25(32-23)21-8-7-15-33(21)27(37)38-28(3,4)5;1-6-18-13-14-29-22(16-18)30-26(35)20-11-9-19(10-12-20)24-23(17(2)34)31-25(32-24)21-8-7-15-33(21)27(36)37-28(3,4)5;13-15-16(14,11-7-3-1-4-8-11)12-9-5-2-6-10-12/h9-14,16,21H,6-8,15,29H2,1-5H3,(H,30,31,36);9-14,16,21H,6-8,15H2,1-5H3,(H,31,32)(H,29,30,35);1-10H,13H2/t2*21-;/m00./s1. The number of carbonyl (C=O) groups excluding carboxylic acids is 6. The number of ketones is 2. The Morgan fingerprint density at radius 1 is 0.604 bits per heavy atom. The Kier molecular flexibility index (Phi) is 21.7. The van der Waals surface area contributed by atoms with Crippen molar-refractivity contribution in [2.45, 2.75) is 131 Å². The van der Waals surface area contributed by atoms with Crippen LogP contribution in [0.25, 0.3) is 22.5 Å². The minimum absolute atomic E-state index is 0.167. The summed E-state index contributed by atoms with van der Waals surface area (Å²) in [6, 6.07) is 38.4. The molecule has 0 radical (unpaired) electrons. The van der Waals surface area contributed by atoms with Crippen molar-refractivity contribution in [2.24, 2.45) is 5.90 Å². The third kappa shape index (κ3) is 16.8. The van der Waals surface area contributed by atoms with E-state index in [2.05, 4.69) is 25.6 Å². The molecule has 2 fully saturated rings. The second-order valence-electron chi connectivity index (χ2n) is 23.9. The molecule has 4 aromatic heterocycles. The van der Waals surface area contributed by atoms with Crippen LogP contribution in [0.15, 0.2) is 146 Å². The number of amides is 4. The second-order valence-corrected chi connectivity index (χ2v) is 26.2. The molecule has 2 aliphatic rings. The molecule has 6 heterocycles. The van der Waals surface area contributed by atoms with Crippen LogP contribution in [0.4, 0.5) is 21.2 Å². The van der Waals surface area contributed by atoms with Gasteiger partial charge in [0, 0.05) is 72.2 Å². The number of aromatic amines is 1. The molecule has 22 nitrogen and oxygen atoms in total. The van der Waals surface area contributed by atoms with E-state index in [4.69, 9.17) is 35.8 Å². The maximum Gasteiger partial charge on any atom is 0.410 e. The lowest BCUT2D eigenvalue weighted by atomic mass is 10.1. The molecule has 8 aromatic rings. The summed E-state index contributed by atoms with van der Waals surface area (Å²) in [7, 11) is -3.13. The molecule has 0 saturated carbocycles. The molecular formula is C68H79N12O10P. The van der Waals surface area contributed by atoms with E-state index in [0.29, 0.717) is 92.7 Å². The van der Waals surface area contributed by atoms with Crippen molar-refractivity contribution in [3.05, 3.63) is 191 Å². The van der Waals surface area contributed by atoms with Gasteiger partial charge in [0.2, 0.25) is 0 Å². The van der Waals surface area contributed by atoms with Crippen molar-refractivity contribution in [3.63, 3.8) is 0 Å². The first kappa shape index (κ1) is 67.3. The van der Waals surface area contributed by atoms with Gasteiger partial charge in [-0.3, -0.25) is 33.5 Å². The van der Waals surface area contributed by atoms with Crippen molar-refractivity contribution >= 4 is 65.2 Å². The predicted octanol–water partition coefficient (Wildman–Crippen LogP) is 12.1. The summed E-state index contributed by atoms with van der Waals surface area (Å²) >= 11 is 0. The molecule has 0 unspecified atom stereocenters. The van der Waals surface area contributed by atoms with Crippen LogP contribution < -0.4 is 33.0 Å². The first-order chi connectivity index (χ1) is 43.3. The van der Waals surface area contributed by atoms with E-state index in [0.717, 1.165) is 43.2 Å². The number of nitrogens with zero attached hydrogens (tertiary/aromatic N) is 7. The van der Waals surface area contributed by atoms with Crippen molar-refractivity contribution < 1.29 is 47.4 Å². The van der Waals surface area contributed by atoms with Gasteiger partial charge in [0.25, 0.3) is 19.2 Å². The Labute approximate surface area is 529 Å². The number of aryl methyl sites for hydroxylation is 2. The van der Waals surface area contributed by atoms with Gasteiger partial charge in [0.15, 0.2) is 17.4 Å². The molecule has 2 atom stereocenters. The Morgan fingerprint density at radius 2 is 1.04 bits per heavy atom.